The molecule has 0 bridgehead atoms. The fourth-order valence-corrected chi connectivity index (χ4v) is 2.10. The third-order valence-corrected chi connectivity index (χ3v) is 3.89. The first-order valence-corrected chi connectivity index (χ1v) is 6.16. The summed E-state index contributed by atoms with van der Waals surface area (Å²) >= 11 is 0. The summed E-state index contributed by atoms with van der Waals surface area (Å²) in [5, 5.41) is 8.81. The van der Waals surface area contributed by atoms with Crippen molar-refractivity contribution < 1.29 is 8.42 Å². The van der Waals surface area contributed by atoms with Crippen molar-refractivity contribution in [2.45, 2.75) is 18.4 Å². The van der Waals surface area contributed by atoms with Crippen molar-refractivity contribution in [3.05, 3.63) is 29.3 Å². The number of nitriles is 1. The molecule has 1 aromatic carbocycles. The van der Waals surface area contributed by atoms with Crippen molar-refractivity contribution in [2.75, 3.05) is 5.75 Å². The second-order valence-corrected chi connectivity index (χ2v) is 5.32. The maximum Gasteiger partial charge on any atom is 0.178 e. The van der Waals surface area contributed by atoms with Crippen LogP contribution in [0, 0.1) is 11.3 Å². The monoisotopic (exact) mass is 224 g/mol. The highest BCUT2D eigenvalue weighted by Crippen LogP contribution is 2.16. The molecule has 0 amide bonds. The zero-order valence-corrected chi connectivity index (χ0v) is 9.21. The van der Waals surface area contributed by atoms with Crippen LogP contribution in [-0.4, -0.2) is 14.2 Å². The van der Waals surface area contributed by atoms with Gasteiger partial charge in [0.2, 0.25) is 0 Å². The number of hydrogen-bond acceptors (Lipinski definition) is 4. The van der Waals surface area contributed by atoms with Gasteiger partial charge in [-0.2, -0.15) is 5.26 Å². The molecule has 5 heteroatoms. The number of sulfone groups is 1. The maximum atomic E-state index is 11.5. The Morgan fingerprint density at radius 1 is 1.47 bits per heavy atom. The van der Waals surface area contributed by atoms with Crippen LogP contribution in [0.25, 0.3) is 0 Å². The van der Waals surface area contributed by atoms with Gasteiger partial charge in [0, 0.05) is 6.54 Å². The Kier molecular flexibility index (Phi) is 3.45. The molecule has 0 radical (unpaired) electrons. The third-order valence-electron chi connectivity index (χ3n) is 2.16. The summed E-state index contributed by atoms with van der Waals surface area (Å²) in [6.45, 7) is 1.80. The van der Waals surface area contributed by atoms with E-state index in [4.69, 9.17) is 11.0 Å². The smallest absolute Gasteiger partial charge is 0.178 e. The second-order valence-electron chi connectivity index (χ2n) is 3.04. The molecule has 2 N–H and O–H groups in total. The lowest BCUT2D eigenvalue weighted by atomic mass is 10.1. The van der Waals surface area contributed by atoms with Crippen LogP contribution < -0.4 is 5.73 Å². The second kappa shape index (κ2) is 4.43. The standard InChI is InChI=1S/C10H12N2O2S/c1-2-15(13,14)10-4-3-8(6-11)9(5-10)7-12/h3-5H,2,6,11H2,1H3. The van der Waals surface area contributed by atoms with Gasteiger partial charge in [0.05, 0.1) is 22.3 Å². The van der Waals surface area contributed by atoms with E-state index in [1.165, 1.54) is 12.1 Å². The van der Waals surface area contributed by atoms with Crippen molar-refractivity contribution in [3.63, 3.8) is 0 Å². The highest BCUT2D eigenvalue weighted by molar-refractivity contribution is 7.91. The number of nitrogens with zero attached hydrogens (tertiary/aromatic N) is 1. The van der Waals surface area contributed by atoms with E-state index in [9.17, 15) is 8.42 Å². The van der Waals surface area contributed by atoms with Crippen LogP contribution in [0.3, 0.4) is 0 Å². The molecule has 0 unspecified atom stereocenters. The van der Waals surface area contributed by atoms with Crippen LogP contribution in [0.5, 0.6) is 0 Å². The molecule has 4 nitrogen and oxygen atoms in total. The molecular weight excluding hydrogens is 212 g/mol. The van der Waals surface area contributed by atoms with Gasteiger partial charge in [0.25, 0.3) is 0 Å². The quantitative estimate of drug-likeness (QED) is 0.823. The molecule has 1 aromatic rings. The molecule has 0 spiro atoms. The van der Waals surface area contributed by atoms with E-state index in [1.807, 2.05) is 6.07 Å². The molecule has 0 fully saturated rings. The van der Waals surface area contributed by atoms with Gasteiger partial charge in [-0.15, -0.1) is 0 Å². The molecular formula is C10H12N2O2S. The molecule has 0 saturated carbocycles. The van der Waals surface area contributed by atoms with Crippen LogP contribution >= 0.6 is 0 Å². The normalized spacial score (nSPS) is 11.0. The molecule has 1 rings (SSSR count). The van der Waals surface area contributed by atoms with E-state index in [2.05, 4.69) is 0 Å². The number of rotatable bonds is 3. The Hall–Kier alpha value is -1.38. The molecule has 0 saturated heterocycles. The van der Waals surface area contributed by atoms with Crippen LogP contribution in [0.1, 0.15) is 18.1 Å². The molecule has 15 heavy (non-hydrogen) atoms. The van der Waals surface area contributed by atoms with Gasteiger partial charge in [-0.05, 0) is 17.7 Å². The number of benzene rings is 1. The largest absolute Gasteiger partial charge is 0.326 e. The summed E-state index contributed by atoms with van der Waals surface area (Å²) in [7, 11) is -3.25. The SMILES string of the molecule is CCS(=O)(=O)c1ccc(CN)c(C#N)c1. The topological polar surface area (TPSA) is 83.9 Å². The third kappa shape index (κ3) is 2.35. The van der Waals surface area contributed by atoms with Gasteiger partial charge in [-0.1, -0.05) is 13.0 Å². The molecule has 0 heterocycles. The summed E-state index contributed by atoms with van der Waals surface area (Å²) in [5.41, 5.74) is 6.40. The fourth-order valence-electron chi connectivity index (χ4n) is 1.20. The minimum atomic E-state index is -3.25. The molecule has 0 aromatic heterocycles. The first-order valence-electron chi connectivity index (χ1n) is 4.51. The Bertz CT molecular complexity index is 501. The van der Waals surface area contributed by atoms with E-state index in [0.29, 0.717) is 11.1 Å². The average molecular weight is 224 g/mol. The van der Waals surface area contributed by atoms with E-state index in [0.717, 1.165) is 0 Å². The highest BCUT2D eigenvalue weighted by Gasteiger charge is 2.13. The summed E-state index contributed by atoms with van der Waals surface area (Å²) in [6.07, 6.45) is 0. The lowest BCUT2D eigenvalue weighted by molar-refractivity contribution is 0.597. The van der Waals surface area contributed by atoms with Crippen molar-refractivity contribution in [3.8, 4) is 6.07 Å². The number of nitrogens with two attached hydrogens (primary N) is 1. The van der Waals surface area contributed by atoms with Crippen LogP contribution in [0.4, 0.5) is 0 Å². The predicted octanol–water partition coefficient (Wildman–Crippen LogP) is 0.811. The van der Waals surface area contributed by atoms with Crippen LogP contribution in [0.2, 0.25) is 0 Å². The van der Waals surface area contributed by atoms with E-state index in [1.54, 1.807) is 13.0 Å². The van der Waals surface area contributed by atoms with Gasteiger partial charge in [-0.25, -0.2) is 8.42 Å². The Balaban J connectivity index is 3.34. The zero-order valence-electron chi connectivity index (χ0n) is 8.40. The van der Waals surface area contributed by atoms with Crippen molar-refractivity contribution >= 4 is 9.84 Å². The lowest BCUT2D eigenvalue weighted by Gasteiger charge is -2.04. The number of hydrogen-bond donors (Lipinski definition) is 1. The first kappa shape index (κ1) is 11.7. The summed E-state index contributed by atoms with van der Waals surface area (Å²) in [5.74, 6) is 0.0276. The van der Waals surface area contributed by atoms with Crippen LogP contribution in [0.15, 0.2) is 23.1 Å². The van der Waals surface area contributed by atoms with Gasteiger partial charge < -0.3 is 5.73 Å². The fraction of sp³-hybridized carbons (Fsp3) is 0.300. The van der Waals surface area contributed by atoms with Gasteiger partial charge in [0.15, 0.2) is 9.84 Å². The Labute approximate surface area is 89.2 Å². The van der Waals surface area contributed by atoms with Gasteiger partial charge in [0.1, 0.15) is 0 Å². The van der Waals surface area contributed by atoms with E-state index in [-0.39, 0.29) is 17.2 Å². The Morgan fingerprint density at radius 2 is 2.13 bits per heavy atom. The highest BCUT2D eigenvalue weighted by atomic mass is 32.2. The maximum absolute atomic E-state index is 11.5. The van der Waals surface area contributed by atoms with E-state index >= 15 is 0 Å². The van der Waals surface area contributed by atoms with Gasteiger partial charge >= 0.3 is 0 Å². The zero-order chi connectivity index (χ0) is 11.5. The first-order chi connectivity index (χ1) is 7.05. The molecule has 0 aliphatic carbocycles. The summed E-state index contributed by atoms with van der Waals surface area (Å²) in [4.78, 5) is 0.179. The lowest BCUT2D eigenvalue weighted by Crippen LogP contribution is -2.06. The van der Waals surface area contributed by atoms with Crippen molar-refractivity contribution in [1.82, 2.24) is 0 Å². The molecule has 0 aliphatic rings. The van der Waals surface area contributed by atoms with Gasteiger partial charge in [-0.3, -0.25) is 0 Å². The molecule has 0 aliphatic heterocycles. The predicted molar refractivity (Wildman–Crippen MR) is 56.8 cm³/mol. The minimum absolute atomic E-state index is 0.0276. The molecule has 80 valence electrons. The summed E-state index contributed by atoms with van der Waals surface area (Å²) < 4.78 is 23.1. The molecule has 0 atom stereocenters. The summed E-state index contributed by atoms with van der Waals surface area (Å²) in [6, 6.07) is 6.39. The Morgan fingerprint density at radius 3 is 2.60 bits per heavy atom. The minimum Gasteiger partial charge on any atom is -0.326 e. The average Bonchev–Trinajstić information content (AvgIpc) is 2.28. The van der Waals surface area contributed by atoms with Crippen molar-refractivity contribution in [1.29, 1.82) is 5.26 Å². The van der Waals surface area contributed by atoms with Crippen LogP contribution in [-0.2, 0) is 16.4 Å². The van der Waals surface area contributed by atoms with E-state index < -0.39 is 9.84 Å². The van der Waals surface area contributed by atoms with Crippen molar-refractivity contribution in [2.24, 2.45) is 5.73 Å².